The van der Waals surface area contributed by atoms with Crippen LogP contribution in [0, 0.1) is 5.92 Å². The maximum Gasteiger partial charge on any atom is 0.309 e. The Labute approximate surface area is 167 Å². The van der Waals surface area contributed by atoms with Crippen LogP contribution in [0.1, 0.15) is 39.2 Å². The van der Waals surface area contributed by atoms with Crippen molar-refractivity contribution in [3.8, 4) is 0 Å². The van der Waals surface area contributed by atoms with Crippen molar-refractivity contribution in [3.05, 3.63) is 34.9 Å². The first-order chi connectivity index (χ1) is 12.7. The summed E-state index contributed by atoms with van der Waals surface area (Å²) in [5, 5.41) is 11.3. The lowest BCUT2D eigenvalue weighted by molar-refractivity contribution is -0.160. The van der Waals surface area contributed by atoms with E-state index in [1.807, 2.05) is 32.9 Å². The number of aliphatic hydroxyl groups excluding tert-OH is 1. The molecule has 27 heavy (non-hydrogen) atoms. The van der Waals surface area contributed by atoms with Crippen LogP contribution in [0.5, 0.6) is 0 Å². The van der Waals surface area contributed by atoms with Gasteiger partial charge in [0.15, 0.2) is 0 Å². The lowest BCUT2D eigenvalue weighted by Crippen LogP contribution is -2.52. The van der Waals surface area contributed by atoms with Crippen molar-refractivity contribution in [2.45, 2.75) is 57.9 Å². The van der Waals surface area contributed by atoms with Crippen LogP contribution in [0.2, 0.25) is 5.02 Å². The second kappa shape index (κ2) is 8.48. The summed E-state index contributed by atoms with van der Waals surface area (Å²) in [6.45, 7) is 10.3. The molecule has 0 spiro atoms. The fourth-order valence-electron chi connectivity index (χ4n) is 4.06. The summed E-state index contributed by atoms with van der Waals surface area (Å²) >= 11 is 5.95. The van der Waals surface area contributed by atoms with E-state index in [1.54, 1.807) is 0 Å². The van der Waals surface area contributed by atoms with E-state index < -0.39 is 11.7 Å². The minimum atomic E-state index is -0.479. The highest BCUT2D eigenvalue weighted by Gasteiger charge is 2.42. The smallest absolute Gasteiger partial charge is 0.309 e. The van der Waals surface area contributed by atoms with Crippen LogP contribution in [-0.4, -0.2) is 64.8 Å². The van der Waals surface area contributed by atoms with Crippen molar-refractivity contribution >= 4 is 17.6 Å². The Hall–Kier alpha value is -1.14. The number of carbonyl (C=O) groups excluding carboxylic acids is 1. The number of carbonyl (C=O) groups is 1. The van der Waals surface area contributed by atoms with Crippen LogP contribution in [0.25, 0.3) is 0 Å². The molecule has 3 rings (SSSR count). The van der Waals surface area contributed by atoms with Crippen LogP contribution in [-0.2, 0) is 16.1 Å². The zero-order chi connectivity index (χ0) is 19.6. The summed E-state index contributed by atoms with van der Waals surface area (Å²) in [5.41, 5.74) is 0.784. The van der Waals surface area contributed by atoms with Gasteiger partial charge in [0, 0.05) is 43.8 Å². The maximum atomic E-state index is 12.3. The molecule has 0 aromatic heterocycles. The van der Waals surface area contributed by atoms with Crippen molar-refractivity contribution in [3.63, 3.8) is 0 Å². The molecular weight excluding hydrogens is 364 g/mol. The average molecular weight is 395 g/mol. The molecule has 1 N–H and O–H groups in total. The fourth-order valence-corrected chi connectivity index (χ4v) is 4.19. The van der Waals surface area contributed by atoms with Crippen LogP contribution >= 0.6 is 11.6 Å². The molecule has 150 valence electrons. The highest BCUT2D eigenvalue weighted by Crippen LogP contribution is 2.32. The largest absolute Gasteiger partial charge is 0.460 e. The molecule has 1 aromatic rings. The van der Waals surface area contributed by atoms with Gasteiger partial charge in [-0.3, -0.25) is 14.6 Å². The van der Waals surface area contributed by atoms with E-state index in [0.717, 1.165) is 37.7 Å². The minimum absolute atomic E-state index is 0.0557. The van der Waals surface area contributed by atoms with E-state index in [2.05, 4.69) is 21.9 Å². The predicted octanol–water partition coefficient (Wildman–Crippen LogP) is 2.94. The molecule has 0 radical (unpaired) electrons. The number of benzene rings is 1. The van der Waals surface area contributed by atoms with Crippen LogP contribution in [0.4, 0.5) is 0 Å². The van der Waals surface area contributed by atoms with Crippen molar-refractivity contribution in [1.82, 2.24) is 9.80 Å². The second-order valence-corrected chi connectivity index (χ2v) is 9.21. The Balaban J connectivity index is 1.49. The normalized spacial score (nSPS) is 27.7. The number of nitrogens with zero attached hydrogens (tertiary/aromatic N) is 2. The first kappa shape index (κ1) is 20.6. The topological polar surface area (TPSA) is 53.0 Å². The van der Waals surface area contributed by atoms with E-state index in [-0.39, 0.29) is 17.9 Å². The summed E-state index contributed by atoms with van der Waals surface area (Å²) in [6, 6.07) is 8.06. The third-order valence-electron chi connectivity index (χ3n) is 5.43. The number of piperazine rings is 1. The summed E-state index contributed by atoms with van der Waals surface area (Å²) < 4.78 is 5.51. The zero-order valence-corrected chi connectivity index (χ0v) is 17.3. The van der Waals surface area contributed by atoms with E-state index in [4.69, 9.17) is 16.3 Å². The first-order valence-corrected chi connectivity index (χ1v) is 10.2. The second-order valence-electron chi connectivity index (χ2n) is 8.78. The van der Waals surface area contributed by atoms with Gasteiger partial charge >= 0.3 is 5.97 Å². The molecule has 0 bridgehead atoms. The number of hydrogen-bond donors (Lipinski definition) is 1. The SMILES string of the molecule is CC(C)(C)OC(=O)C1CC(N2CCN(Cc3ccc(Cl)cc3)CC2)[C@@H](O)C1. The molecule has 1 saturated heterocycles. The number of rotatable bonds is 4. The molecular formula is C21H31ClN2O3. The summed E-state index contributed by atoms with van der Waals surface area (Å²) in [5.74, 6) is -0.373. The third-order valence-corrected chi connectivity index (χ3v) is 5.68. The third kappa shape index (κ3) is 5.67. The van der Waals surface area contributed by atoms with Crippen LogP contribution < -0.4 is 0 Å². The van der Waals surface area contributed by atoms with Gasteiger partial charge in [-0.25, -0.2) is 0 Å². The van der Waals surface area contributed by atoms with Gasteiger partial charge in [-0.05, 0) is 51.3 Å². The van der Waals surface area contributed by atoms with Gasteiger partial charge in [-0.15, -0.1) is 0 Å². The minimum Gasteiger partial charge on any atom is -0.460 e. The number of esters is 1. The Morgan fingerprint density at radius 2 is 1.78 bits per heavy atom. The summed E-state index contributed by atoms with van der Waals surface area (Å²) in [7, 11) is 0. The lowest BCUT2D eigenvalue weighted by atomic mass is 10.1. The number of ether oxygens (including phenoxy) is 1. The van der Waals surface area contributed by atoms with Gasteiger partial charge in [-0.2, -0.15) is 0 Å². The molecule has 1 saturated carbocycles. The van der Waals surface area contributed by atoms with E-state index in [9.17, 15) is 9.90 Å². The highest BCUT2D eigenvalue weighted by molar-refractivity contribution is 6.30. The van der Waals surface area contributed by atoms with Crippen molar-refractivity contribution in [2.75, 3.05) is 26.2 Å². The van der Waals surface area contributed by atoms with Gasteiger partial charge in [0.05, 0.1) is 12.0 Å². The maximum absolute atomic E-state index is 12.3. The molecule has 1 aliphatic carbocycles. The molecule has 0 amide bonds. The fraction of sp³-hybridized carbons (Fsp3) is 0.667. The molecule has 2 fully saturated rings. The molecule has 2 unspecified atom stereocenters. The Morgan fingerprint density at radius 3 is 2.37 bits per heavy atom. The Morgan fingerprint density at radius 1 is 1.15 bits per heavy atom. The Bertz CT molecular complexity index is 636. The van der Waals surface area contributed by atoms with Gasteiger partial charge < -0.3 is 9.84 Å². The molecule has 2 aliphatic rings. The number of halogens is 1. The molecule has 5 nitrogen and oxygen atoms in total. The molecule has 6 heteroatoms. The molecule has 3 atom stereocenters. The standard InChI is InChI=1S/C21H31ClN2O3/c1-21(2,3)27-20(26)16-12-18(19(25)13-16)24-10-8-23(9-11-24)14-15-4-6-17(22)7-5-15/h4-7,16,18-19,25H,8-14H2,1-3H3/t16?,18?,19-/m0/s1. The quantitative estimate of drug-likeness (QED) is 0.796. The van der Waals surface area contributed by atoms with Crippen LogP contribution in [0.15, 0.2) is 24.3 Å². The monoisotopic (exact) mass is 394 g/mol. The van der Waals surface area contributed by atoms with E-state index >= 15 is 0 Å². The average Bonchev–Trinajstić information content (AvgIpc) is 2.98. The van der Waals surface area contributed by atoms with Crippen molar-refractivity contribution < 1.29 is 14.6 Å². The van der Waals surface area contributed by atoms with Gasteiger partial charge in [-0.1, -0.05) is 23.7 Å². The highest BCUT2D eigenvalue weighted by atomic mass is 35.5. The van der Waals surface area contributed by atoms with Crippen LogP contribution in [0.3, 0.4) is 0 Å². The van der Waals surface area contributed by atoms with Gasteiger partial charge in [0.1, 0.15) is 5.60 Å². The van der Waals surface area contributed by atoms with Crippen molar-refractivity contribution in [2.24, 2.45) is 5.92 Å². The molecule has 1 aromatic carbocycles. The number of hydrogen-bond acceptors (Lipinski definition) is 5. The molecule has 1 heterocycles. The Kier molecular flexibility index (Phi) is 6.46. The summed E-state index contributed by atoms with van der Waals surface area (Å²) in [4.78, 5) is 17.1. The summed E-state index contributed by atoms with van der Waals surface area (Å²) in [6.07, 6.45) is 0.739. The zero-order valence-electron chi connectivity index (χ0n) is 16.5. The first-order valence-electron chi connectivity index (χ1n) is 9.83. The van der Waals surface area contributed by atoms with Gasteiger partial charge in [0.25, 0.3) is 0 Å². The van der Waals surface area contributed by atoms with E-state index in [0.29, 0.717) is 12.8 Å². The van der Waals surface area contributed by atoms with Gasteiger partial charge in [0.2, 0.25) is 0 Å². The molecule has 1 aliphatic heterocycles. The van der Waals surface area contributed by atoms with Crippen molar-refractivity contribution in [1.29, 1.82) is 0 Å². The predicted molar refractivity (Wildman–Crippen MR) is 107 cm³/mol. The number of aliphatic hydroxyl groups is 1. The lowest BCUT2D eigenvalue weighted by Gasteiger charge is -2.39. The van der Waals surface area contributed by atoms with E-state index in [1.165, 1.54) is 5.56 Å².